The van der Waals surface area contributed by atoms with Crippen molar-refractivity contribution < 1.29 is 4.79 Å². The molecule has 1 aromatic rings. The first-order valence-electron chi connectivity index (χ1n) is 6.79. The molecule has 1 saturated heterocycles. The van der Waals surface area contributed by atoms with E-state index >= 15 is 0 Å². The highest BCUT2D eigenvalue weighted by molar-refractivity contribution is 5.85. The summed E-state index contributed by atoms with van der Waals surface area (Å²) in [6.07, 6.45) is 3.66. The summed E-state index contributed by atoms with van der Waals surface area (Å²) in [5, 5.41) is 6.40. The first kappa shape index (κ1) is 16.0. The normalized spacial score (nSPS) is 18.5. The Morgan fingerprint density at radius 2 is 2.11 bits per heavy atom. The van der Waals surface area contributed by atoms with Gasteiger partial charge in [-0.1, -0.05) is 29.8 Å². The second-order valence-corrected chi connectivity index (χ2v) is 5.10. The third-order valence-electron chi connectivity index (χ3n) is 3.42. The van der Waals surface area contributed by atoms with Crippen LogP contribution in [-0.2, 0) is 11.2 Å². The van der Waals surface area contributed by atoms with Gasteiger partial charge < -0.3 is 10.6 Å². The molecule has 2 rings (SSSR count). The molecule has 4 heteroatoms. The summed E-state index contributed by atoms with van der Waals surface area (Å²) in [7, 11) is 0. The van der Waals surface area contributed by atoms with Crippen LogP contribution < -0.4 is 10.6 Å². The number of piperidine rings is 1. The zero-order chi connectivity index (χ0) is 12.8. The second kappa shape index (κ2) is 8.18. The van der Waals surface area contributed by atoms with Crippen molar-refractivity contribution in [2.75, 3.05) is 13.1 Å². The molecular formula is C15H23ClN2O. The van der Waals surface area contributed by atoms with Gasteiger partial charge >= 0.3 is 0 Å². The van der Waals surface area contributed by atoms with E-state index in [1.54, 1.807) is 0 Å². The Kier molecular flexibility index (Phi) is 6.89. The summed E-state index contributed by atoms with van der Waals surface area (Å²) in [4.78, 5) is 11.8. The number of nitrogens with one attached hydrogen (secondary N) is 2. The molecule has 0 unspecified atom stereocenters. The molecule has 2 N–H and O–H groups in total. The highest BCUT2D eigenvalue weighted by Crippen LogP contribution is 2.06. The van der Waals surface area contributed by atoms with Crippen LogP contribution in [0.1, 0.15) is 30.4 Å². The number of carbonyl (C=O) groups excluding carboxylic acids is 1. The molecular weight excluding hydrogens is 260 g/mol. The minimum atomic E-state index is 0. The molecule has 106 valence electrons. The van der Waals surface area contributed by atoms with Crippen LogP contribution in [0.2, 0.25) is 0 Å². The SMILES string of the molecule is Cc1ccc(CCC(=O)N[C@H]2CCCNC2)cc1.Cl. The predicted molar refractivity (Wildman–Crippen MR) is 80.8 cm³/mol. The summed E-state index contributed by atoms with van der Waals surface area (Å²) in [5.74, 6) is 0.171. The highest BCUT2D eigenvalue weighted by Gasteiger charge is 2.14. The van der Waals surface area contributed by atoms with Gasteiger partial charge in [0.1, 0.15) is 0 Å². The van der Waals surface area contributed by atoms with E-state index in [1.165, 1.54) is 11.1 Å². The molecule has 19 heavy (non-hydrogen) atoms. The number of benzene rings is 1. The van der Waals surface area contributed by atoms with Crippen LogP contribution in [0.25, 0.3) is 0 Å². The molecule has 0 saturated carbocycles. The van der Waals surface area contributed by atoms with E-state index in [4.69, 9.17) is 0 Å². The first-order valence-corrected chi connectivity index (χ1v) is 6.79. The van der Waals surface area contributed by atoms with Crippen molar-refractivity contribution in [3.05, 3.63) is 35.4 Å². The molecule has 1 fully saturated rings. The van der Waals surface area contributed by atoms with Crippen molar-refractivity contribution in [2.24, 2.45) is 0 Å². The highest BCUT2D eigenvalue weighted by atomic mass is 35.5. The standard InChI is InChI=1S/C15H22N2O.ClH/c1-12-4-6-13(7-5-12)8-9-15(18)17-14-3-2-10-16-11-14;/h4-7,14,16H,2-3,8-11H2,1H3,(H,17,18);1H/t14-;/m0./s1. The number of amides is 1. The van der Waals surface area contributed by atoms with Crippen molar-refractivity contribution in [1.82, 2.24) is 10.6 Å². The number of rotatable bonds is 4. The van der Waals surface area contributed by atoms with Crippen molar-refractivity contribution in [3.8, 4) is 0 Å². The predicted octanol–water partition coefficient (Wildman–Crippen LogP) is 2.22. The van der Waals surface area contributed by atoms with Crippen molar-refractivity contribution in [3.63, 3.8) is 0 Å². The first-order chi connectivity index (χ1) is 8.74. The van der Waals surface area contributed by atoms with Crippen LogP contribution in [0.15, 0.2) is 24.3 Å². The molecule has 1 atom stereocenters. The van der Waals surface area contributed by atoms with Gasteiger partial charge in [0.2, 0.25) is 5.91 Å². The number of halogens is 1. The number of aryl methyl sites for hydroxylation is 2. The lowest BCUT2D eigenvalue weighted by molar-refractivity contribution is -0.121. The van der Waals surface area contributed by atoms with Gasteiger partial charge in [-0.15, -0.1) is 12.4 Å². The molecule has 1 aliphatic rings. The van der Waals surface area contributed by atoms with E-state index in [2.05, 4.69) is 41.8 Å². The fraction of sp³-hybridized carbons (Fsp3) is 0.533. The minimum Gasteiger partial charge on any atom is -0.352 e. The number of hydrogen-bond acceptors (Lipinski definition) is 2. The van der Waals surface area contributed by atoms with E-state index in [1.807, 2.05) is 0 Å². The lowest BCUT2D eigenvalue weighted by Crippen LogP contribution is -2.45. The second-order valence-electron chi connectivity index (χ2n) is 5.10. The van der Waals surface area contributed by atoms with Gasteiger partial charge in [0.25, 0.3) is 0 Å². The molecule has 0 radical (unpaired) electrons. The Morgan fingerprint density at radius 1 is 1.37 bits per heavy atom. The summed E-state index contributed by atoms with van der Waals surface area (Å²) in [5.41, 5.74) is 2.49. The summed E-state index contributed by atoms with van der Waals surface area (Å²) in [6.45, 7) is 4.07. The van der Waals surface area contributed by atoms with Crippen molar-refractivity contribution in [2.45, 2.75) is 38.6 Å². The summed E-state index contributed by atoms with van der Waals surface area (Å²) >= 11 is 0. The van der Waals surface area contributed by atoms with Crippen LogP contribution in [0, 0.1) is 6.92 Å². The zero-order valence-electron chi connectivity index (χ0n) is 11.4. The molecule has 1 heterocycles. The van der Waals surface area contributed by atoms with Crippen molar-refractivity contribution in [1.29, 1.82) is 0 Å². The molecule has 0 aliphatic carbocycles. The van der Waals surface area contributed by atoms with E-state index in [9.17, 15) is 4.79 Å². The van der Waals surface area contributed by atoms with E-state index < -0.39 is 0 Å². The third-order valence-corrected chi connectivity index (χ3v) is 3.42. The zero-order valence-corrected chi connectivity index (χ0v) is 12.3. The van der Waals surface area contributed by atoms with Crippen LogP contribution in [0.5, 0.6) is 0 Å². The quantitative estimate of drug-likeness (QED) is 0.889. The van der Waals surface area contributed by atoms with Crippen molar-refractivity contribution >= 4 is 18.3 Å². The molecule has 0 aromatic heterocycles. The fourth-order valence-corrected chi connectivity index (χ4v) is 2.29. The third kappa shape index (κ3) is 5.62. The Balaban J connectivity index is 0.00000180. The number of hydrogen-bond donors (Lipinski definition) is 2. The molecule has 3 nitrogen and oxygen atoms in total. The van der Waals surface area contributed by atoms with Gasteiger partial charge in [0.05, 0.1) is 0 Å². The average molecular weight is 283 g/mol. The van der Waals surface area contributed by atoms with Gasteiger partial charge in [-0.05, 0) is 38.3 Å². The molecule has 0 bridgehead atoms. The maximum atomic E-state index is 11.8. The van der Waals surface area contributed by atoms with Gasteiger partial charge in [-0.3, -0.25) is 4.79 Å². The van der Waals surface area contributed by atoms with Crippen LogP contribution >= 0.6 is 12.4 Å². The van der Waals surface area contributed by atoms with E-state index in [-0.39, 0.29) is 18.3 Å². The van der Waals surface area contributed by atoms with E-state index in [0.717, 1.165) is 32.4 Å². The van der Waals surface area contributed by atoms with Crippen LogP contribution in [0.3, 0.4) is 0 Å². The molecule has 0 spiro atoms. The smallest absolute Gasteiger partial charge is 0.220 e. The monoisotopic (exact) mass is 282 g/mol. The Labute approximate surface area is 121 Å². The van der Waals surface area contributed by atoms with Gasteiger partial charge in [-0.25, -0.2) is 0 Å². The maximum Gasteiger partial charge on any atom is 0.220 e. The fourth-order valence-electron chi connectivity index (χ4n) is 2.29. The Bertz CT molecular complexity index is 386. The lowest BCUT2D eigenvalue weighted by atomic mass is 10.1. The number of carbonyl (C=O) groups is 1. The largest absolute Gasteiger partial charge is 0.352 e. The lowest BCUT2D eigenvalue weighted by Gasteiger charge is -2.23. The topological polar surface area (TPSA) is 41.1 Å². The summed E-state index contributed by atoms with van der Waals surface area (Å²) < 4.78 is 0. The minimum absolute atomic E-state index is 0. The van der Waals surface area contributed by atoms with Gasteiger partial charge in [0, 0.05) is 19.0 Å². The Morgan fingerprint density at radius 3 is 2.74 bits per heavy atom. The average Bonchev–Trinajstić information content (AvgIpc) is 2.39. The molecule has 1 aliphatic heterocycles. The van der Waals surface area contributed by atoms with Crippen LogP contribution in [0.4, 0.5) is 0 Å². The van der Waals surface area contributed by atoms with Gasteiger partial charge in [-0.2, -0.15) is 0 Å². The van der Waals surface area contributed by atoms with E-state index in [0.29, 0.717) is 12.5 Å². The maximum absolute atomic E-state index is 11.8. The molecule has 1 amide bonds. The van der Waals surface area contributed by atoms with Crippen LogP contribution in [-0.4, -0.2) is 25.0 Å². The molecule has 1 aromatic carbocycles. The van der Waals surface area contributed by atoms with Gasteiger partial charge in [0.15, 0.2) is 0 Å². The Hall–Kier alpha value is -1.06. The summed E-state index contributed by atoms with van der Waals surface area (Å²) in [6, 6.07) is 8.72.